The van der Waals surface area contributed by atoms with Crippen molar-refractivity contribution in [1.29, 1.82) is 0 Å². The predicted octanol–water partition coefficient (Wildman–Crippen LogP) is 1.80. The van der Waals surface area contributed by atoms with Crippen LogP contribution in [0.3, 0.4) is 0 Å². The average molecular weight is 113 g/mol. The van der Waals surface area contributed by atoms with E-state index >= 15 is 0 Å². The quantitative estimate of drug-likeness (QED) is 0.505. The third-order valence-electron chi connectivity index (χ3n) is 1.05. The second-order valence-corrected chi connectivity index (χ2v) is 1.65. The van der Waals surface area contributed by atoms with Crippen LogP contribution in [-0.2, 0) is 4.74 Å². The van der Waals surface area contributed by atoms with Crippen molar-refractivity contribution < 1.29 is 4.74 Å². The van der Waals surface area contributed by atoms with E-state index in [0.717, 1.165) is 12.8 Å². The Labute approximate surface area is 51.4 Å². The first kappa shape index (κ1) is 7.70. The van der Waals surface area contributed by atoms with Crippen molar-refractivity contribution in [3.8, 4) is 0 Å². The van der Waals surface area contributed by atoms with E-state index in [0.29, 0.717) is 0 Å². The van der Waals surface area contributed by atoms with E-state index in [-0.39, 0.29) is 6.10 Å². The lowest BCUT2D eigenvalue weighted by Gasteiger charge is -2.06. The van der Waals surface area contributed by atoms with Crippen LogP contribution in [0.4, 0.5) is 0 Å². The number of rotatable bonds is 4. The molecule has 1 atom stereocenters. The van der Waals surface area contributed by atoms with E-state index < -0.39 is 0 Å². The zero-order chi connectivity index (χ0) is 6.41. The molecule has 1 nitrogen and oxygen atoms in total. The summed E-state index contributed by atoms with van der Waals surface area (Å²) in [6.45, 7) is 7.29. The summed E-state index contributed by atoms with van der Waals surface area (Å²) < 4.78 is 4.98. The predicted molar refractivity (Wildman–Crippen MR) is 35.6 cm³/mol. The third-order valence-corrected chi connectivity index (χ3v) is 1.05. The van der Waals surface area contributed by atoms with E-state index in [1.54, 1.807) is 13.2 Å². The van der Waals surface area contributed by atoms with Gasteiger partial charge in [-0.3, -0.25) is 0 Å². The van der Waals surface area contributed by atoms with E-state index in [1.807, 2.05) is 0 Å². The lowest BCUT2D eigenvalue weighted by Crippen LogP contribution is -2.04. The molecule has 0 aromatic heterocycles. The fourth-order valence-electron chi connectivity index (χ4n) is 0.533. The molecule has 1 radical (unpaired) electrons. The van der Waals surface area contributed by atoms with Crippen molar-refractivity contribution in [2.75, 3.05) is 7.11 Å². The van der Waals surface area contributed by atoms with Gasteiger partial charge in [-0.2, -0.15) is 0 Å². The van der Waals surface area contributed by atoms with Crippen molar-refractivity contribution in [2.24, 2.45) is 0 Å². The summed E-state index contributed by atoms with van der Waals surface area (Å²) in [7, 11) is 1.68. The Balaban J connectivity index is 3.21. The summed E-state index contributed by atoms with van der Waals surface area (Å²) >= 11 is 0. The Morgan fingerprint density at radius 3 is 2.50 bits per heavy atom. The van der Waals surface area contributed by atoms with Crippen LogP contribution in [0.5, 0.6) is 0 Å². The van der Waals surface area contributed by atoms with E-state index in [2.05, 4.69) is 13.5 Å². The van der Waals surface area contributed by atoms with Gasteiger partial charge in [0.2, 0.25) is 0 Å². The Morgan fingerprint density at radius 2 is 2.38 bits per heavy atom. The van der Waals surface area contributed by atoms with Gasteiger partial charge in [-0.1, -0.05) is 19.4 Å². The Morgan fingerprint density at radius 1 is 1.75 bits per heavy atom. The van der Waals surface area contributed by atoms with E-state index in [1.165, 1.54) is 0 Å². The molecule has 0 aliphatic carbocycles. The Hall–Kier alpha value is -0.300. The highest BCUT2D eigenvalue weighted by molar-refractivity contribution is 4.79. The minimum absolute atomic E-state index is 0.201. The van der Waals surface area contributed by atoms with Crippen molar-refractivity contribution in [1.82, 2.24) is 0 Å². The number of methoxy groups -OCH3 is 1. The van der Waals surface area contributed by atoms with Gasteiger partial charge in [-0.15, -0.1) is 6.58 Å². The molecule has 0 N–H and O–H groups in total. The van der Waals surface area contributed by atoms with Gasteiger partial charge < -0.3 is 4.74 Å². The normalized spacial score (nSPS) is 13.2. The third kappa shape index (κ3) is 2.80. The second-order valence-electron chi connectivity index (χ2n) is 1.65. The zero-order valence-electron chi connectivity index (χ0n) is 5.39. The largest absolute Gasteiger partial charge is 0.377 e. The summed E-state index contributed by atoms with van der Waals surface area (Å²) in [6, 6.07) is 0. The van der Waals surface area contributed by atoms with Gasteiger partial charge in [0, 0.05) is 7.11 Å². The first-order chi connectivity index (χ1) is 3.85. The first-order valence-electron chi connectivity index (χ1n) is 2.79. The molecule has 0 aliphatic heterocycles. The van der Waals surface area contributed by atoms with Crippen LogP contribution in [0, 0.1) is 6.92 Å². The topological polar surface area (TPSA) is 9.23 Å². The Bertz CT molecular complexity index is 59.4. The lowest BCUT2D eigenvalue weighted by molar-refractivity contribution is 0.134. The SMILES string of the molecule is [CH2]CCC(C=C)OC. The van der Waals surface area contributed by atoms with Gasteiger partial charge in [-0.25, -0.2) is 0 Å². The molecule has 1 unspecified atom stereocenters. The molecule has 8 heavy (non-hydrogen) atoms. The maximum Gasteiger partial charge on any atom is 0.0749 e. The molecule has 47 valence electrons. The number of hydrogen-bond donors (Lipinski definition) is 0. The first-order valence-corrected chi connectivity index (χ1v) is 2.79. The monoisotopic (exact) mass is 113 g/mol. The van der Waals surface area contributed by atoms with Crippen molar-refractivity contribution in [3.05, 3.63) is 19.6 Å². The highest BCUT2D eigenvalue weighted by atomic mass is 16.5. The fourth-order valence-corrected chi connectivity index (χ4v) is 0.533. The zero-order valence-corrected chi connectivity index (χ0v) is 5.39. The van der Waals surface area contributed by atoms with Gasteiger partial charge in [0.15, 0.2) is 0 Å². The molecular formula is C7H13O. The molecule has 0 heterocycles. The maximum atomic E-state index is 4.98. The molecule has 0 fully saturated rings. The Kier molecular flexibility index (Phi) is 4.67. The highest BCUT2D eigenvalue weighted by Gasteiger charge is 1.96. The van der Waals surface area contributed by atoms with Gasteiger partial charge in [0.05, 0.1) is 6.10 Å². The minimum atomic E-state index is 0.201. The fraction of sp³-hybridized carbons (Fsp3) is 0.571. The number of ether oxygens (including phenoxy) is 1. The summed E-state index contributed by atoms with van der Waals surface area (Å²) in [5.41, 5.74) is 0. The van der Waals surface area contributed by atoms with E-state index in [9.17, 15) is 0 Å². The van der Waals surface area contributed by atoms with Crippen LogP contribution in [0.25, 0.3) is 0 Å². The number of hydrogen-bond acceptors (Lipinski definition) is 1. The molecule has 0 saturated heterocycles. The molecule has 0 amide bonds. The average Bonchev–Trinajstić information content (AvgIpc) is 1.83. The maximum absolute atomic E-state index is 4.98. The standard InChI is InChI=1S/C7H13O/c1-4-6-7(5-2)8-3/h5,7H,1-2,4,6H2,3H3. The van der Waals surface area contributed by atoms with Gasteiger partial charge in [-0.05, 0) is 6.42 Å². The van der Waals surface area contributed by atoms with Crippen LogP contribution in [-0.4, -0.2) is 13.2 Å². The molecular weight excluding hydrogens is 100 g/mol. The van der Waals surface area contributed by atoms with Crippen molar-refractivity contribution in [2.45, 2.75) is 18.9 Å². The molecule has 0 aliphatic rings. The van der Waals surface area contributed by atoms with Crippen LogP contribution in [0.2, 0.25) is 0 Å². The molecule has 0 spiro atoms. The van der Waals surface area contributed by atoms with Gasteiger partial charge in [0.1, 0.15) is 0 Å². The van der Waals surface area contributed by atoms with Gasteiger partial charge >= 0.3 is 0 Å². The van der Waals surface area contributed by atoms with Crippen molar-refractivity contribution in [3.63, 3.8) is 0 Å². The molecule has 0 rings (SSSR count). The molecule has 0 bridgehead atoms. The summed E-state index contributed by atoms with van der Waals surface area (Å²) in [5.74, 6) is 0. The molecule has 0 saturated carbocycles. The van der Waals surface area contributed by atoms with Gasteiger partial charge in [0.25, 0.3) is 0 Å². The summed E-state index contributed by atoms with van der Waals surface area (Å²) in [5, 5.41) is 0. The van der Waals surface area contributed by atoms with Crippen molar-refractivity contribution >= 4 is 0 Å². The van der Waals surface area contributed by atoms with Crippen LogP contribution >= 0.6 is 0 Å². The smallest absolute Gasteiger partial charge is 0.0749 e. The van der Waals surface area contributed by atoms with E-state index in [4.69, 9.17) is 4.74 Å². The highest BCUT2D eigenvalue weighted by Crippen LogP contribution is 1.99. The summed E-state index contributed by atoms with van der Waals surface area (Å²) in [4.78, 5) is 0. The van der Waals surface area contributed by atoms with Crippen LogP contribution < -0.4 is 0 Å². The molecule has 0 aromatic rings. The molecule has 1 heteroatoms. The molecule has 0 aromatic carbocycles. The lowest BCUT2D eigenvalue weighted by atomic mass is 10.2. The second kappa shape index (κ2) is 4.85. The minimum Gasteiger partial charge on any atom is -0.377 e. The van der Waals surface area contributed by atoms with Crippen LogP contribution in [0.15, 0.2) is 12.7 Å². The van der Waals surface area contributed by atoms with Crippen LogP contribution in [0.1, 0.15) is 12.8 Å². The summed E-state index contributed by atoms with van der Waals surface area (Å²) in [6.07, 6.45) is 3.88.